The fourth-order valence-electron chi connectivity index (χ4n) is 2.03. The first-order chi connectivity index (χ1) is 5.33. The Hall–Kier alpha value is -0.120. The van der Waals surface area contributed by atoms with E-state index in [4.69, 9.17) is 4.74 Å². The quantitative estimate of drug-likeness (QED) is 0.535. The average molecular weight is 156 g/mol. The molecule has 0 radical (unpaired) electrons. The Balaban J connectivity index is 2.06. The zero-order valence-corrected chi connectivity index (χ0v) is 7.10. The van der Waals surface area contributed by atoms with Gasteiger partial charge >= 0.3 is 0 Å². The summed E-state index contributed by atoms with van der Waals surface area (Å²) >= 11 is 0. The van der Waals surface area contributed by atoms with Crippen molar-refractivity contribution < 1.29 is 4.74 Å². The van der Waals surface area contributed by atoms with Crippen molar-refractivity contribution in [2.24, 2.45) is 0 Å². The lowest BCUT2D eigenvalue weighted by Gasteiger charge is -2.38. The molecule has 0 bridgehead atoms. The van der Waals surface area contributed by atoms with E-state index in [1.54, 1.807) is 0 Å². The van der Waals surface area contributed by atoms with Crippen LogP contribution in [0, 0.1) is 0 Å². The second kappa shape index (κ2) is 2.73. The number of likely N-dealkylation sites (N-methyl/N-ethyl adjacent to an activating group) is 1. The molecule has 0 aliphatic carbocycles. The summed E-state index contributed by atoms with van der Waals surface area (Å²) in [6.45, 7) is 4.21. The molecule has 1 N–H and O–H groups in total. The summed E-state index contributed by atoms with van der Waals surface area (Å²) < 4.78 is 5.78. The van der Waals surface area contributed by atoms with Gasteiger partial charge in [0.05, 0.1) is 6.61 Å². The zero-order valence-electron chi connectivity index (χ0n) is 7.10. The molecule has 0 amide bonds. The van der Waals surface area contributed by atoms with Crippen LogP contribution in [0.25, 0.3) is 0 Å². The van der Waals surface area contributed by atoms with Gasteiger partial charge in [-0.1, -0.05) is 0 Å². The lowest BCUT2D eigenvalue weighted by atomic mass is 10.0. The van der Waals surface area contributed by atoms with Crippen molar-refractivity contribution in [2.45, 2.75) is 18.6 Å². The summed E-state index contributed by atoms with van der Waals surface area (Å²) in [7, 11) is 2.16. The van der Waals surface area contributed by atoms with Gasteiger partial charge in [-0.05, 0) is 20.1 Å². The van der Waals surface area contributed by atoms with Crippen molar-refractivity contribution >= 4 is 0 Å². The molecule has 64 valence electrons. The molecule has 11 heavy (non-hydrogen) atoms. The molecule has 3 nitrogen and oxygen atoms in total. The summed E-state index contributed by atoms with van der Waals surface area (Å²) in [4.78, 5) is 2.36. The number of ether oxygens (including phenoxy) is 1. The van der Waals surface area contributed by atoms with E-state index in [-0.39, 0.29) is 5.72 Å². The molecule has 2 saturated heterocycles. The van der Waals surface area contributed by atoms with Crippen LogP contribution in [0.1, 0.15) is 12.8 Å². The van der Waals surface area contributed by atoms with Crippen LogP contribution >= 0.6 is 0 Å². The van der Waals surface area contributed by atoms with Crippen LogP contribution in [0.15, 0.2) is 0 Å². The van der Waals surface area contributed by atoms with Crippen LogP contribution in [0.3, 0.4) is 0 Å². The second-order valence-corrected chi connectivity index (χ2v) is 3.47. The SMILES string of the molecule is CN1CCOC12CCNCC2. The maximum Gasteiger partial charge on any atom is 0.124 e. The van der Waals surface area contributed by atoms with Crippen LogP contribution in [-0.2, 0) is 4.74 Å². The van der Waals surface area contributed by atoms with Gasteiger partial charge in [-0.15, -0.1) is 0 Å². The van der Waals surface area contributed by atoms with E-state index in [0.29, 0.717) is 0 Å². The Morgan fingerprint density at radius 1 is 1.36 bits per heavy atom. The predicted molar refractivity (Wildman–Crippen MR) is 43.4 cm³/mol. The van der Waals surface area contributed by atoms with E-state index in [1.807, 2.05) is 0 Å². The van der Waals surface area contributed by atoms with Gasteiger partial charge in [-0.25, -0.2) is 0 Å². The minimum atomic E-state index is 0.102. The van der Waals surface area contributed by atoms with Gasteiger partial charge in [-0.3, -0.25) is 4.90 Å². The lowest BCUT2D eigenvalue weighted by Crippen LogP contribution is -2.50. The highest BCUT2D eigenvalue weighted by Crippen LogP contribution is 2.30. The number of hydrogen-bond donors (Lipinski definition) is 1. The Labute approximate surface area is 67.7 Å². The van der Waals surface area contributed by atoms with Crippen molar-refractivity contribution in [1.29, 1.82) is 0 Å². The number of rotatable bonds is 0. The highest BCUT2D eigenvalue weighted by atomic mass is 16.5. The Kier molecular flexibility index (Phi) is 1.87. The highest BCUT2D eigenvalue weighted by Gasteiger charge is 2.40. The Morgan fingerprint density at radius 2 is 2.09 bits per heavy atom. The van der Waals surface area contributed by atoms with Crippen LogP contribution in [0.5, 0.6) is 0 Å². The minimum absolute atomic E-state index is 0.102. The molecule has 0 aromatic carbocycles. The number of piperidine rings is 1. The molecule has 2 rings (SSSR count). The third kappa shape index (κ3) is 1.17. The summed E-state index contributed by atoms with van der Waals surface area (Å²) in [5.74, 6) is 0. The zero-order chi connectivity index (χ0) is 7.73. The van der Waals surface area contributed by atoms with Crippen molar-refractivity contribution in [3.63, 3.8) is 0 Å². The van der Waals surface area contributed by atoms with Gasteiger partial charge < -0.3 is 10.1 Å². The highest BCUT2D eigenvalue weighted by molar-refractivity contribution is 4.88. The monoisotopic (exact) mass is 156 g/mol. The fraction of sp³-hybridized carbons (Fsp3) is 1.00. The van der Waals surface area contributed by atoms with Crippen LogP contribution in [-0.4, -0.2) is 43.9 Å². The molecular weight excluding hydrogens is 140 g/mol. The summed E-state index contributed by atoms with van der Waals surface area (Å²) in [6, 6.07) is 0. The topological polar surface area (TPSA) is 24.5 Å². The van der Waals surface area contributed by atoms with E-state index >= 15 is 0 Å². The maximum absolute atomic E-state index is 5.78. The molecule has 2 aliphatic rings. The van der Waals surface area contributed by atoms with Gasteiger partial charge in [-0.2, -0.15) is 0 Å². The molecule has 0 aromatic heterocycles. The Bertz CT molecular complexity index is 143. The van der Waals surface area contributed by atoms with Gasteiger partial charge in [0.15, 0.2) is 0 Å². The summed E-state index contributed by atoms with van der Waals surface area (Å²) in [6.07, 6.45) is 2.28. The fourth-order valence-corrected chi connectivity index (χ4v) is 2.03. The van der Waals surface area contributed by atoms with E-state index < -0.39 is 0 Å². The normalized spacial score (nSPS) is 31.4. The largest absolute Gasteiger partial charge is 0.359 e. The van der Waals surface area contributed by atoms with Crippen molar-refractivity contribution in [3.05, 3.63) is 0 Å². The molecule has 3 heteroatoms. The maximum atomic E-state index is 5.78. The third-order valence-electron chi connectivity index (χ3n) is 2.88. The Morgan fingerprint density at radius 3 is 2.64 bits per heavy atom. The second-order valence-electron chi connectivity index (χ2n) is 3.47. The van der Waals surface area contributed by atoms with Crippen LogP contribution in [0.2, 0.25) is 0 Å². The average Bonchev–Trinajstić information content (AvgIpc) is 2.36. The van der Waals surface area contributed by atoms with E-state index in [1.165, 1.54) is 0 Å². The first kappa shape index (κ1) is 7.53. The number of nitrogens with zero attached hydrogens (tertiary/aromatic N) is 1. The van der Waals surface area contributed by atoms with E-state index in [0.717, 1.165) is 39.1 Å². The van der Waals surface area contributed by atoms with Crippen molar-refractivity contribution in [2.75, 3.05) is 33.3 Å². The molecule has 0 aromatic rings. The lowest BCUT2D eigenvalue weighted by molar-refractivity contribution is -0.0923. The van der Waals surface area contributed by atoms with Gasteiger partial charge in [0.1, 0.15) is 5.72 Å². The summed E-state index contributed by atoms with van der Waals surface area (Å²) in [5, 5.41) is 3.35. The molecule has 2 heterocycles. The molecule has 0 unspecified atom stereocenters. The molecule has 0 saturated carbocycles. The molecular formula is C8H16N2O. The number of nitrogens with one attached hydrogen (secondary N) is 1. The van der Waals surface area contributed by atoms with Crippen molar-refractivity contribution in [3.8, 4) is 0 Å². The first-order valence-corrected chi connectivity index (χ1v) is 4.39. The van der Waals surface area contributed by atoms with E-state index in [2.05, 4.69) is 17.3 Å². The molecule has 2 aliphatic heterocycles. The van der Waals surface area contributed by atoms with Gasteiger partial charge in [0.2, 0.25) is 0 Å². The van der Waals surface area contributed by atoms with Gasteiger partial charge in [0.25, 0.3) is 0 Å². The molecule has 0 atom stereocenters. The smallest absolute Gasteiger partial charge is 0.124 e. The minimum Gasteiger partial charge on any atom is -0.359 e. The van der Waals surface area contributed by atoms with Crippen LogP contribution < -0.4 is 5.32 Å². The molecule has 2 fully saturated rings. The van der Waals surface area contributed by atoms with Crippen LogP contribution in [0.4, 0.5) is 0 Å². The van der Waals surface area contributed by atoms with E-state index in [9.17, 15) is 0 Å². The van der Waals surface area contributed by atoms with Gasteiger partial charge in [0, 0.05) is 19.4 Å². The predicted octanol–water partition coefficient (Wildman–Crippen LogP) is 0.0281. The summed E-state index contributed by atoms with van der Waals surface area (Å²) in [5.41, 5.74) is 0.102. The third-order valence-corrected chi connectivity index (χ3v) is 2.88. The number of hydrogen-bond acceptors (Lipinski definition) is 3. The molecule has 1 spiro atoms. The van der Waals surface area contributed by atoms with Crippen molar-refractivity contribution in [1.82, 2.24) is 10.2 Å². The first-order valence-electron chi connectivity index (χ1n) is 4.39. The standard InChI is InChI=1S/C8H16N2O/c1-10-6-7-11-8(10)2-4-9-5-3-8/h9H,2-7H2,1H3.